The van der Waals surface area contributed by atoms with Crippen molar-refractivity contribution in [3.05, 3.63) is 176 Å². The summed E-state index contributed by atoms with van der Waals surface area (Å²) in [4.78, 5) is 15.0. The van der Waals surface area contributed by atoms with Crippen molar-refractivity contribution < 1.29 is 4.42 Å². The molecule has 57 heavy (non-hydrogen) atoms. The van der Waals surface area contributed by atoms with Gasteiger partial charge in [-0.15, -0.1) is 22.7 Å². The Morgan fingerprint density at radius 1 is 0.333 bits per heavy atom. The molecule has 0 N–H and O–H groups in total. The average Bonchev–Trinajstić information content (AvgIpc) is 3.98. The summed E-state index contributed by atoms with van der Waals surface area (Å²) in [5.74, 6) is 1.85. The first-order valence-electron chi connectivity index (χ1n) is 18.9. The third kappa shape index (κ3) is 5.22. The molecule has 6 heteroatoms. The van der Waals surface area contributed by atoms with Crippen LogP contribution in [0.4, 0.5) is 0 Å². The highest BCUT2D eigenvalue weighted by Gasteiger charge is 2.21. The third-order valence-corrected chi connectivity index (χ3v) is 13.4. The number of fused-ring (bicyclic) bond motifs is 9. The van der Waals surface area contributed by atoms with E-state index in [1.807, 2.05) is 83.3 Å². The summed E-state index contributed by atoms with van der Waals surface area (Å²) in [6.45, 7) is 0. The SMILES string of the molecule is c1ccc(-c2nc(-c3ccccc3)nc(-c3ccc4c(c3)oc3c(-c5cccc6c5sc5ccccc56)cc(-c5cccc6c5sc5ccccc56)cc34)n2)cc1. The van der Waals surface area contributed by atoms with Crippen LogP contribution in [0.3, 0.4) is 0 Å². The van der Waals surface area contributed by atoms with Crippen LogP contribution >= 0.6 is 22.7 Å². The van der Waals surface area contributed by atoms with E-state index in [2.05, 4.69) is 115 Å². The maximum absolute atomic E-state index is 7.02. The van der Waals surface area contributed by atoms with Crippen LogP contribution in [-0.2, 0) is 0 Å². The zero-order chi connectivity index (χ0) is 37.5. The zero-order valence-electron chi connectivity index (χ0n) is 30.3. The number of benzene rings is 8. The van der Waals surface area contributed by atoms with Gasteiger partial charge in [-0.3, -0.25) is 0 Å². The van der Waals surface area contributed by atoms with Crippen LogP contribution in [0.2, 0.25) is 0 Å². The molecule has 12 aromatic rings. The van der Waals surface area contributed by atoms with Crippen LogP contribution < -0.4 is 0 Å². The molecule has 266 valence electrons. The topological polar surface area (TPSA) is 51.8 Å². The second kappa shape index (κ2) is 12.8. The number of furan rings is 1. The number of hydrogen-bond acceptors (Lipinski definition) is 6. The van der Waals surface area contributed by atoms with Gasteiger partial charge in [0.15, 0.2) is 17.5 Å². The Morgan fingerprint density at radius 3 is 1.49 bits per heavy atom. The quantitative estimate of drug-likeness (QED) is 0.175. The molecule has 4 heterocycles. The van der Waals surface area contributed by atoms with Gasteiger partial charge in [0.2, 0.25) is 0 Å². The lowest BCUT2D eigenvalue weighted by atomic mass is 9.94. The summed E-state index contributed by atoms with van der Waals surface area (Å²) >= 11 is 3.70. The van der Waals surface area contributed by atoms with Crippen molar-refractivity contribution in [2.75, 3.05) is 0 Å². The molecule has 0 bridgehead atoms. The van der Waals surface area contributed by atoms with E-state index < -0.39 is 0 Å². The summed E-state index contributed by atoms with van der Waals surface area (Å²) in [5.41, 5.74) is 9.01. The van der Waals surface area contributed by atoms with Gasteiger partial charge < -0.3 is 4.42 Å². The Labute approximate surface area is 335 Å². The van der Waals surface area contributed by atoms with Gasteiger partial charge in [0.25, 0.3) is 0 Å². The summed E-state index contributed by atoms with van der Waals surface area (Å²) in [6.07, 6.45) is 0. The molecule has 0 amide bonds. The monoisotopic (exact) mass is 763 g/mol. The number of hydrogen-bond donors (Lipinski definition) is 0. The second-order valence-electron chi connectivity index (χ2n) is 14.3. The van der Waals surface area contributed by atoms with Gasteiger partial charge in [0.1, 0.15) is 11.2 Å². The number of aromatic nitrogens is 3. The van der Waals surface area contributed by atoms with Gasteiger partial charge in [-0.05, 0) is 47.5 Å². The predicted molar refractivity (Wildman–Crippen MR) is 240 cm³/mol. The molecule has 12 rings (SSSR count). The van der Waals surface area contributed by atoms with E-state index in [0.717, 1.165) is 49.8 Å². The first-order valence-corrected chi connectivity index (χ1v) is 20.6. The van der Waals surface area contributed by atoms with Crippen molar-refractivity contribution in [2.24, 2.45) is 0 Å². The van der Waals surface area contributed by atoms with Gasteiger partial charge in [-0.1, -0.05) is 140 Å². The first-order chi connectivity index (χ1) is 28.2. The minimum Gasteiger partial charge on any atom is -0.455 e. The van der Waals surface area contributed by atoms with Crippen LogP contribution in [-0.4, -0.2) is 15.0 Å². The minimum atomic E-state index is 0.595. The van der Waals surface area contributed by atoms with Crippen LogP contribution in [0.25, 0.3) is 119 Å². The summed E-state index contributed by atoms with van der Waals surface area (Å²) in [6, 6.07) is 62.0. The number of rotatable bonds is 5. The lowest BCUT2D eigenvalue weighted by Crippen LogP contribution is -2.00. The molecule has 0 unspecified atom stereocenters. The number of thiophene rings is 2. The van der Waals surface area contributed by atoms with Crippen molar-refractivity contribution in [3.63, 3.8) is 0 Å². The Balaban J connectivity index is 1.11. The van der Waals surface area contributed by atoms with Crippen molar-refractivity contribution in [1.82, 2.24) is 15.0 Å². The van der Waals surface area contributed by atoms with Crippen molar-refractivity contribution in [3.8, 4) is 56.4 Å². The Kier molecular flexibility index (Phi) is 7.24. The van der Waals surface area contributed by atoms with E-state index in [4.69, 9.17) is 19.4 Å². The molecule has 0 saturated carbocycles. The highest BCUT2D eigenvalue weighted by Crippen LogP contribution is 2.47. The van der Waals surface area contributed by atoms with E-state index in [9.17, 15) is 0 Å². The van der Waals surface area contributed by atoms with Crippen LogP contribution in [0, 0.1) is 0 Å². The van der Waals surface area contributed by atoms with Crippen LogP contribution in [0.5, 0.6) is 0 Å². The molecule has 0 saturated heterocycles. The van der Waals surface area contributed by atoms with Crippen molar-refractivity contribution in [2.45, 2.75) is 0 Å². The van der Waals surface area contributed by atoms with Crippen molar-refractivity contribution >= 4 is 85.0 Å². The summed E-state index contributed by atoms with van der Waals surface area (Å²) in [7, 11) is 0. The minimum absolute atomic E-state index is 0.595. The van der Waals surface area contributed by atoms with Crippen LogP contribution in [0.1, 0.15) is 0 Å². The molecule has 8 aromatic carbocycles. The molecule has 0 aliphatic carbocycles. The second-order valence-corrected chi connectivity index (χ2v) is 16.4. The standard InChI is InChI=1S/C51H29N3OS2/c1-3-13-30(14-4-1)49-52-50(31-15-5-2-6-16-31)54-51(53-49)32-25-26-35-41-27-33(34-19-11-20-38-36-17-7-9-23-44(36)56-47(34)38)28-42(46(41)55-43(35)29-32)40-22-12-21-39-37-18-8-10-24-45(37)57-48(39)40/h1-29H. The van der Waals surface area contributed by atoms with Gasteiger partial charge in [-0.25, -0.2) is 15.0 Å². The molecule has 0 radical (unpaired) electrons. The van der Waals surface area contributed by atoms with Gasteiger partial charge >= 0.3 is 0 Å². The lowest BCUT2D eigenvalue weighted by molar-refractivity contribution is 0.670. The highest BCUT2D eigenvalue weighted by atomic mass is 32.1. The third-order valence-electron chi connectivity index (χ3n) is 10.9. The number of nitrogens with zero attached hydrogens (tertiary/aromatic N) is 3. The molecule has 0 aliphatic rings. The largest absolute Gasteiger partial charge is 0.455 e. The fraction of sp³-hybridized carbons (Fsp3) is 0. The first kappa shape index (κ1) is 32.3. The lowest BCUT2D eigenvalue weighted by Gasteiger charge is -2.10. The van der Waals surface area contributed by atoms with Crippen molar-refractivity contribution in [1.29, 1.82) is 0 Å². The molecule has 0 spiro atoms. The van der Waals surface area contributed by atoms with Gasteiger partial charge in [0.05, 0.1) is 0 Å². The summed E-state index contributed by atoms with van der Waals surface area (Å²) < 4.78 is 12.1. The molecular weight excluding hydrogens is 735 g/mol. The zero-order valence-corrected chi connectivity index (χ0v) is 31.9. The highest BCUT2D eigenvalue weighted by molar-refractivity contribution is 7.26. The van der Waals surface area contributed by atoms with E-state index in [0.29, 0.717) is 17.5 Å². The van der Waals surface area contributed by atoms with Crippen LogP contribution in [0.15, 0.2) is 180 Å². The molecular formula is C51H29N3OS2. The summed E-state index contributed by atoms with van der Waals surface area (Å²) in [5, 5.41) is 7.23. The predicted octanol–water partition coefficient (Wildman–Crippen LogP) is 14.8. The van der Waals surface area contributed by atoms with E-state index in [-0.39, 0.29) is 0 Å². The fourth-order valence-corrected chi connectivity index (χ4v) is 10.7. The molecule has 0 fully saturated rings. The maximum atomic E-state index is 7.02. The smallest absolute Gasteiger partial charge is 0.164 e. The normalized spacial score (nSPS) is 11.9. The molecule has 0 atom stereocenters. The van der Waals surface area contributed by atoms with E-state index in [1.54, 1.807) is 0 Å². The van der Waals surface area contributed by atoms with Gasteiger partial charge in [-0.2, -0.15) is 0 Å². The maximum Gasteiger partial charge on any atom is 0.164 e. The molecule has 4 nitrogen and oxygen atoms in total. The Bertz CT molecular complexity index is 3470. The van der Waals surface area contributed by atoms with Gasteiger partial charge in [0, 0.05) is 78.9 Å². The van der Waals surface area contributed by atoms with E-state index in [1.165, 1.54) is 51.5 Å². The fourth-order valence-electron chi connectivity index (χ4n) is 8.24. The molecule has 0 aliphatic heterocycles. The van der Waals surface area contributed by atoms with E-state index >= 15 is 0 Å². The Hall–Kier alpha value is -6.99. The Morgan fingerprint density at radius 2 is 0.860 bits per heavy atom. The average molecular weight is 764 g/mol. The molecule has 4 aromatic heterocycles.